The molecule has 1 aromatic heterocycles. The molecule has 5 heteroatoms. The zero-order valence-electron chi connectivity index (χ0n) is 13.6. The molecular weight excluding hydrogens is 288 g/mol. The van der Waals surface area contributed by atoms with Gasteiger partial charge in [-0.2, -0.15) is 0 Å². The number of urea groups is 1. The van der Waals surface area contributed by atoms with Gasteiger partial charge >= 0.3 is 6.03 Å². The summed E-state index contributed by atoms with van der Waals surface area (Å²) in [5, 5.41) is 4.33. The molecule has 2 fully saturated rings. The Labute approximate surface area is 136 Å². The summed E-state index contributed by atoms with van der Waals surface area (Å²) < 4.78 is 0. The van der Waals surface area contributed by atoms with Crippen molar-refractivity contribution in [1.82, 2.24) is 20.1 Å². The first kappa shape index (κ1) is 14.6. The first-order chi connectivity index (χ1) is 11.2. The number of H-pyrrole nitrogens is 1. The van der Waals surface area contributed by atoms with Gasteiger partial charge < -0.3 is 20.1 Å². The highest BCUT2D eigenvalue weighted by Gasteiger charge is 2.41. The second-order valence-corrected chi connectivity index (χ2v) is 6.84. The molecule has 0 bridgehead atoms. The summed E-state index contributed by atoms with van der Waals surface area (Å²) in [6, 6.07) is 8.95. The van der Waals surface area contributed by atoms with Crippen molar-refractivity contribution in [3.05, 3.63) is 36.0 Å². The summed E-state index contributed by atoms with van der Waals surface area (Å²) in [5.74, 6) is 0.801. The van der Waals surface area contributed by atoms with Gasteiger partial charge in [0.15, 0.2) is 0 Å². The number of aromatic nitrogens is 1. The summed E-state index contributed by atoms with van der Waals surface area (Å²) >= 11 is 0. The van der Waals surface area contributed by atoms with E-state index in [0.717, 1.165) is 37.4 Å². The lowest BCUT2D eigenvalue weighted by Gasteiger charge is -2.51. The number of carbonyl (C=O) groups is 1. The van der Waals surface area contributed by atoms with E-state index < -0.39 is 0 Å². The number of amides is 2. The van der Waals surface area contributed by atoms with E-state index in [0.29, 0.717) is 12.6 Å². The van der Waals surface area contributed by atoms with Gasteiger partial charge in [0.05, 0.1) is 0 Å². The lowest BCUT2D eigenvalue weighted by atomic mass is 9.83. The molecule has 2 N–H and O–H groups in total. The quantitative estimate of drug-likeness (QED) is 0.911. The fraction of sp³-hybridized carbons (Fsp3) is 0.500. The Kier molecular flexibility index (Phi) is 3.73. The highest BCUT2D eigenvalue weighted by atomic mass is 16.2. The van der Waals surface area contributed by atoms with Crippen LogP contribution in [-0.4, -0.2) is 60.1 Å². The second-order valence-electron chi connectivity index (χ2n) is 6.84. The van der Waals surface area contributed by atoms with Crippen molar-refractivity contribution in [2.24, 2.45) is 5.92 Å². The van der Waals surface area contributed by atoms with E-state index in [9.17, 15) is 4.79 Å². The SMILES string of the molecule is CN1C[C@H]2CCN(C(=O)NCCc3c[nH]c4ccccc34)C[C@H]21. The number of likely N-dealkylation sites (tertiary alicyclic amines) is 2. The molecule has 2 aliphatic heterocycles. The molecule has 0 spiro atoms. The van der Waals surface area contributed by atoms with Crippen molar-refractivity contribution in [2.45, 2.75) is 18.9 Å². The van der Waals surface area contributed by atoms with Gasteiger partial charge in [-0.1, -0.05) is 18.2 Å². The number of piperidine rings is 1. The molecule has 2 atom stereocenters. The lowest BCUT2D eigenvalue weighted by Crippen LogP contribution is -2.64. The molecule has 0 aliphatic carbocycles. The van der Waals surface area contributed by atoms with E-state index in [2.05, 4.69) is 40.4 Å². The van der Waals surface area contributed by atoms with Crippen LogP contribution < -0.4 is 5.32 Å². The largest absolute Gasteiger partial charge is 0.361 e. The number of nitrogens with zero attached hydrogens (tertiary/aromatic N) is 2. The number of benzene rings is 1. The number of nitrogens with one attached hydrogen (secondary N) is 2. The van der Waals surface area contributed by atoms with Crippen molar-refractivity contribution in [3.8, 4) is 0 Å². The van der Waals surface area contributed by atoms with Gasteiger partial charge in [-0.3, -0.25) is 0 Å². The molecule has 0 radical (unpaired) electrons. The van der Waals surface area contributed by atoms with Gasteiger partial charge in [0.1, 0.15) is 0 Å². The molecule has 3 heterocycles. The van der Waals surface area contributed by atoms with Crippen molar-refractivity contribution < 1.29 is 4.79 Å². The number of fused-ring (bicyclic) bond motifs is 2. The van der Waals surface area contributed by atoms with Gasteiger partial charge in [-0.15, -0.1) is 0 Å². The third kappa shape index (κ3) is 2.70. The third-order valence-electron chi connectivity index (χ3n) is 5.44. The maximum atomic E-state index is 12.4. The van der Waals surface area contributed by atoms with Gasteiger partial charge in [0.25, 0.3) is 0 Å². The van der Waals surface area contributed by atoms with Gasteiger partial charge in [-0.25, -0.2) is 4.79 Å². The van der Waals surface area contributed by atoms with Gasteiger partial charge in [0, 0.05) is 49.3 Å². The Bertz CT molecular complexity index is 710. The Morgan fingerprint density at radius 1 is 1.35 bits per heavy atom. The average Bonchev–Trinajstić information content (AvgIpc) is 2.97. The number of likely N-dealkylation sites (N-methyl/N-ethyl adjacent to an activating group) is 1. The molecule has 2 saturated heterocycles. The Hall–Kier alpha value is -2.01. The van der Waals surface area contributed by atoms with E-state index in [1.54, 1.807) is 0 Å². The summed E-state index contributed by atoms with van der Waals surface area (Å²) in [4.78, 5) is 20.0. The smallest absolute Gasteiger partial charge is 0.317 e. The topological polar surface area (TPSA) is 51.4 Å². The van der Waals surface area contributed by atoms with E-state index in [1.165, 1.54) is 17.5 Å². The summed E-state index contributed by atoms with van der Waals surface area (Å²) in [6.45, 7) is 3.65. The molecule has 2 aliphatic rings. The second kappa shape index (κ2) is 5.89. The summed E-state index contributed by atoms with van der Waals surface area (Å²) in [5.41, 5.74) is 2.42. The minimum Gasteiger partial charge on any atom is -0.361 e. The van der Waals surface area contributed by atoms with Crippen LogP contribution >= 0.6 is 0 Å². The minimum atomic E-state index is 0.0867. The van der Waals surface area contributed by atoms with Crippen molar-refractivity contribution in [2.75, 3.05) is 33.2 Å². The number of rotatable bonds is 3. The van der Waals surface area contributed by atoms with Gasteiger partial charge in [-0.05, 0) is 37.4 Å². The van der Waals surface area contributed by atoms with Crippen molar-refractivity contribution in [1.29, 1.82) is 0 Å². The molecule has 5 nitrogen and oxygen atoms in total. The fourth-order valence-electron chi connectivity index (χ4n) is 4.00. The normalized spacial score (nSPS) is 24.3. The zero-order valence-corrected chi connectivity index (χ0v) is 13.6. The molecule has 2 aromatic rings. The van der Waals surface area contributed by atoms with Gasteiger partial charge in [0.2, 0.25) is 0 Å². The first-order valence-corrected chi connectivity index (χ1v) is 8.50. The van der Waals surface area contributed by atoms with E-state index >= 15 is 0 Å². The summed E-state index contributed by atoms with van der Waals surface area (Å²) in [7, 11) is 2.15. The molecule has 0 unspecified atom stereocenters. The molecule has 0 saturated carbocycles. The van der Waals surface area contributed by atoms with Crippen molar-refractivity contribution in [3.63, 3.8) is 0 Å². The standard InChI is InChI=1S/C18H24N4O/c1-21-11-14-7-9-22(12-17(14)21)18(23)19-8-6-13-10-20-16-5-3-2-4-15(13)16/h2-5,10,14,17,20H,6-9,11-12H2,1H3,(H,19,23)/t14-,17-/m1/s1. The van der Waals surface area contributed by atoms with Crippen LogP contribution in [0.4, 0.5) is 4.79 Å². The van der Waals surface area contributed by atoms with Crippen molar-refractivity contribution >= 4 is 16.9 Å². The van der Waals surface area contributed by atoms with E-state index in [-0.39, 0.29) is 6.03 Å². The molecule has 4 rings (SSSR count). The monoisotopic (exact) mass is 312 g/mol. The Morgan fingerprint density at radius 3 is 3.09 bits per heavy atom. The molecule has 23 heavy (non-hydrogen) atoms. The maximum absolute atomic E-state index is 12.4. The van der Waals surface area contributed by atoms with E-state index in [1.807, 2.05) is 17.2 Å². The van der Waals surface area contributed by atoms with Crippen LogP contribution in [0, 0.1) is 5.92 Å². The predicted molar refractivity (Wildman–Crippen MR) is 91.5 cm³/mol. The van der Waals surface area contributed by atoms with Crippen LogP contribution in [0.15, 0.2) is 30.5 Å². The number of hydrogen-bond donors (Lipinski definition) is 2. The number of hydrogen-bond acceptors (Lipinski definition) is 2. The number of carbonyl (C=O) groups excluding carboxylic acids is 1. The lowest BCUT2D eigenvalue weighted by molar-refractivity contribution is -0.0139. The minimum absolute atomic E-state index is 0.0867. The Balaban J connectivity index is 1.30. The molecule has 2 amide bonds. The molecule has 122 valence electrons. The Morgan fingerprint density at radius 2 is 2.22 bits per heavy atom. The average molecular weight is 312 g/mol. The van der Waals surface area contributed by atoms with Crippen LogP contribution in [0.3, 0.4) is 0 Å². The number of aromatic amines is 1. The summed E-state index contributed by atoms with van der Waals surface area (Å²) in [6.07, 6.45) is 4.05. The third-order valence-corrected chi connectivity index (χ3v) is 5.44. The maximum Gasteiger partial charge on any atom is 0.317 e. The zero-order chi connectivity index (χ0) is 15.8. The van der Waals surface area contributed by atoms with Crippen LogP contribution in [0.2, 0.25) is 0 Å². The first-order valence-electron chi connectivity index (χ1n) is 8.50. The highest BCUT2D eigenvalue weighted by molar-refractivity contribution is 5.83. The predicted octanol–water partition coefficient (Wildman–Crippen LogP) is 2.06. The fourth-order valence-corrected chi connectivity index (χ4v) is 4.00. The van der Waals surface area contributed by atoms with Crippen LogP contribution in [-0.2, 0) is 6.42 Å². The molecule has 1 aromatic carbocycles. The van der Waals surface area contributed by atoms with Crippen LogP contribution in [0.25, 0.3) is 10.9 Å². The molecular formula is C18H24N4O. The van der Waals surface area contributed by atoms with E-state index in [4.69, 9.17) is 0 Å². The number of para-hydroxylation sites is 1. The van der Waals surface area contributed by atoms with Crippen LogP contribution in [0.1, 0.15) is 12.0 Å². The highest BCUT2D eigenvalue weighted by Crippen LogP contribution is 2.30. The van der Waals surface area contributed by atoms with Crippen LogP contribution in [0.5, 0.6) is 0 Å².